The number of nitrogens with one attached hydrogen (secondary N) is 1. The van der Waals surface area contributed by atoms with E-state index < -0.39 is 0 Å². The third-order valence-corrected chi connectivity index (χ3v) is 5.93. The van der Waals surface area contributed by atoms with E-state index in [0.717, 1.165) is 47.6 Å². The minimum absolute atomic E-state index is 0.430. The van der Waals surface area contributed by atoms with Crippen LogP contribution in [0, 0.1) is 0 Å². The van der Waals surface area contributed by atoms with Crippen molar-refractivity contribution in [3.05, 3.63) is 60.3 Å². The number of H-pyrrole nitrogens is 1. The fourth-order valence-corrected chi connectivity index (χ4v) is 4.50. The lowest BCUT2D eigenvalue weighted by atomic mass is 10.1. The van der Waals surface area contributed by atoms with Gasteiger partial charge in [0.25, 0.3) is 0 Å². The van der Waals surface area contributed by atoms with Crippen molar-refractivity contribution in [3.63, 3.8) is 0 Å². The zero-order chi connectivity index (χ0) is 19.2. The predicted molar refractivity (Wildman–Crippen MR) is 110 cm³/mol. The fourth-order valence-electron chi connectivity index (χ4n) is 4.50. The molecule has 2 saturated heterocycles. The van der Waals surface area contributed by atoms with Crippen LogP contribution >= 0.6 is 0 Å². The molecule has 0 spiro atoms. The Hall–Kier alpha value is -3.03. The molecule has 7 nitrogen and oxygen atoms in total. The Morgan fingerprint density at radius 3 is 2.62 bits per heavy atom. The Morgan fingerprint density at radius 2 is 1.79 bits per heavy atom. The van der Waals surface area contributed by atoms with Gasteiger partial charge in [0.2, 0.25) is 0 Å². The number of nitrogens with zero attached hydrogens (tertiary/aromatic N) is 5. The molecule has 146 valence electrons. The molecule has 1 N–H and O–H groups in total. The number of rotatable bonds is 4. The summed E-state index contributed by atoms with van der Waals surface area (Å²) < 4.78 is 7.74. The maximum absolute atomic E-state index is 5.93. The standard InChI is InChI=1S/C22H22N6O/c1-2-4-20-19(3-1)22(25-23-20)21-14-28(26-24-21)16-7-5-15(6-8-16)11-27-12-17-9-10-18(13-27)29-17/h1-8,14,17-18H,9-13H2,(H,23,25). The molecule has 2 aliphatic rings. The maximum Gasteiger partial charge on any atom is 0.134 e. The van der Waals surface area contributed by atoms with E-state index in [1.165, 1.54) is 18.4 Å². The summed E-state index contributed by atoms with van der Waals surface area (Å²) in [5.74, 6) is 0. The Balaban J connectivity index is 1.20. The van der Waals surface area contributed by atoms with E-state index in [0.29, 0.717) is 12.2 Å². The maximum atomic E-state index is 5.93. The second kappa shape index (κ2) is 6.79. The molecule has 0 radical (unpaired) electrons. The first-order chi connectivity index (χ1) is 14.3. The van der Waals surface area contributed by atoms with Crippen LogP contribution in [0.4, 0.5) is 0 Å². The van der Waals surface area contributed by atoms with Crippen molar-refractivity contribution in [2.24, 2.45) is 0 Å². The van der Waals surface area contributed by atoms with Gasteiger partial charge in [0, 0.05) is 25.0 Å². The average molecular weight is 386 g/mol. The third-order valence-electron chi connectivity index (χ3n) is 5.93. The van der Waals surface area contributed by atoms with Gasteiger partial charge in [-0.1, -0.05) is 35.5 Å². The van der Waals surface area contributed by atoms with Gasteiger partial charge < -0.3 is 4.74 Å². The summed E-state index contributed by atoms with van der Waals surface area (Å²) in [6, 6.07) is 16.6. The number of hydrogen-bond acceptors (Lipinski definition) is 5. The quantitative estimate of drug-likeness (QED) is 0.583. The van der Waals surface area contributed by atoms with Crippen molar-refractivity contribution in [3.8, 4) is 17.1 Å². The van der Waals surface area contributed by atoms with Crippen LogP contribution in [0.3, 0.4) is 0 Å². The van der Waals surface area contributed by atoms with Crippen LogP contribution < -0.4 is 0 Å². The summed E-state index contributed by atoms with van der Waals surface area (Å²) in [7, 11) is 0. The molecule has 7 heteroatoms. The highest BCUT2D eigenvalue weighted by atomic mass is 16.5. The highest BCUT2D eigenvalue weighted by molar-refractivity contribution is 5.91. The van der Waals surface area contributed by atoms with Crippen LogP contribution in [0.2, 0.25) is 0 Å². The lowest BCUT2D eigenvalue weighted by molar-refractivity contribution is -0.0410. The highest BCUT2D eigenvalue weighted by Gasteiger charge is 2.33. The average Bonchev–Trinajstić information content (AvgIpc) is 3.47. The van der Waals surface area contributed by atoms with Gasteiger partial charge in [0.15, 0.2) is 0 Å². The van der Waals surface area contributed by atoms with Crippen molar-refractivity contribution >= 4 is 10.9 Å². The van der Waals surface area contributed by atoms with E-state index in [2.05, 4.69) is 49.7 Å². The van der Waals surface area contributed by atoms with Crippen molar-refractivity contribution in [1.82, 2.24) is 30.1 Å². The lowest BCUT2D eigenvalue weighted by Crippen LogP contribution is -2.41. The van der Waals surface area contributed by atoms with Gasteiger partial charge in [0.05, 0.1) is 29.6 Å². The summed E-state index contributed by atoms with van der Waals surface area (Å²) in [6.07, 6.45) is 5.21. The summed E-state index contributed by atoms with van der Waals surface area (Å²) >= 11 is 0. The van der Waals surface area contributed by atoms with Gasteiger partial charge in [-0.2, -0.15) is 5.10 Å². The normalized spacial score (nSPS) is 21.8. The third kappa shape index (κ3) is 3.12. The first-order valence-corrected chi connectivity index (χ1v) is 10.1. The highest BCUT2D eigenvalue weighted by Crippen LogP contribution is 2.27. The van der Waals surface area contributed by atoms with Crippen molar-refractivity contribution in [2.45, 2.75) is 31.6 Å². The van der Waals surface area contributed by atoms with Gasteiger partial charge in [-0.25, -0.2) is 4.68 Å². The minimum atomic E-state index is 0.430. The fraction of sp³-hybridized carbons (Fsp3) is 0.318. The predicted octanol–water partition coefficient (Wildman–Crippen LogP) is 3.17. The topological polar surface area (TPSA) is 71.9 Å². The molecule has 4 heterocycles. The second-order valence-corrected chi connectivity index (χ2v) is 7.98. The van der Waals surface area contributed by atoms with Crippen molar-refractivity contribution in [2.75, 3.05) is 13.1 Å². The van der Waals surface area contributed by atoms with Gasteiger partial charge >= 0.3 is 0 Å². The molecule has 0 aliphatic carbocycles. The smallest absolute Gasteiger partial charge is 0.134 e. The van der Waals surface area contributed by atoms with Crippen LogP contribution in [0.5, 0.6) is 0 Å². The van der Waals surface area contributed by atoms with E-state index in [4.69, 9.17) is 4.74 Å². The van der Waals surface area contributed by atoms with Crippen LogP contribution in [-0.2, 0) is 11.3 Å². The molecule has 2 atom stereocenters. The molecule has 2 aromatic heterocycles. The van der Waals surface area contributed by atoms with E-state index in [-0.39, 0.29) is 0 Å². The van der Waals surface area contributed by atoms with Crippen LogP contribution in [0.25, 0.3) is 28.0 Å². The number of ether oxygens (including phenoxy) is 1. The molecule has 2 unspecified atom stereocenters. The first-order valence-electron chi connectivity index (χ1n) is 10.1. The zero-order valence-electron chi connectivity index (χ0n) is 16.0. The molecule has 0 saturated carbocycles. The van der Waals surface area contributed by atoms with Gasteiger partial charge in [0.1, 0.15) is 11.4 Å². The number of likely N-dealkylation sites (tertiary alicyclic amines) is 1. The SMILES string of the molecule is c1ccc2c(-c3cn(-c4ccc(CN5CC6CCC(C5)O6)cc4)nn3)n[nH]c2c1. The summed E-state index contributed by atoms with van der Waals surface area (Å²) in [5, 5.41) is 17.2. The molecule has 6 rings (SSSR count). The second-order valence-electron chi connectivity index (χ2n) is 7.98. The molecule has 0 amide bonds. The lowest BCUT2D eigenvalue weighted by Gasteiger charge is -2.32. The van der Waals surface area contributed by atoms with E-state index in [1.807, 2.05) is 30.5 Å². The Bertz CT molecular complexity index is 1140. The molecule has 4 aromatic rings. The van der Waals surface area contributed by atoms with Crippen molar-refractivity contribution in [1.29, 1.82) is 0 Å². The monoisotopic (exact) mass is 386 g/mol. The number of aromatic nitrogens is 5. The van der Waals surface area contributed by atoms with Gasteiger partial charge in [-0.3, -0.25) is 10.00 Å². The van der Waals surface area contributed by atoms with Gasteiger partial charge in [-0.05, 0) is 36.6 Å². The molecule has 2 aromatic carbocycles. The largest absolute Gasteiger partial charge is 0.372 e. The summed E-state index contributed by atoms with van der Waals surface area (Å²) in [6.45, 7) is 3.06. The van der Waals surface area contributed by atoms with Crippen LogP contribution in [-0.4, -0.2) is 55.4 Å². The van der Waals surface area contributed by atoms with E-state index in [9.17, 15) is 0 Å². The van der Waals surface area contributed by atoms with Crippen molar-refractivity contribution < 1.29 is 4.74 Å². The Labute approximate surface area is 168 Å². The van der Waals surface area contributed by atoms with E-state index in [1.54, 1.807) is 4.68 Å². The molecular formula is C22H22N6O. The number of aromatic amines is 1. The zero-order valence-corrected chi connectivity index (χ0v) is 16.0. The van der Waals surface area contributed by atoms with Crippen LogP contribution in [0.1, 0.15) is 18.4 Å². The number of benzene rings is 2. The Morgan fingerprint density at radius 1 is 1.00 bits per heavy atom. The minimum Gasteiger partial charge on any atom is -0.372 e. The molecule has 2 fully saturated rings. The molecular weight excluding hydrogens is 364 g/mol. The van der Waals surface area contributed by atoms with Crippen LogP contribution in [0.15, 0.2) is 54.7 Å². The molecule has 29 heavy (non-hydrogen) atoms. The number of morpholine rings is 1. The molecule has 2 bridgehead atoms. The number of para-hydroxylation sites is 1. The molecule has 2 aliphatic heterocycles. The Kier molecular flexibility index (Phi) is 3.95. The number of fused-ring (bicyclic) bond motifs is 3. The van der Waals surface area contributed by atoms with Gasteiger partial charge in [-0.15, -0.1) is 5.10 Å². The number of hydrogen-bond donors (Lipinski definition) is 1. The summed E-state index contributed by atoms with van der Waals surface area (Å²) in [4.78, 5) is 2.51. The summed E-state index contributed by atoms with van der Waals surface area (Å²) in [5.41, 5.74) is 4.89. The first kappa shape index (κ1) is 16.9. The van der Waals surface area contributed by atoms with E-state index >= 15 is 0 Å².